The van der Waals surface area contributed by atoms with E-state index in [0.717, 1.165) is 31.9 Å². The Labute approximate surface area is 111 Å². The first-order valence-corrected chi connectivity index (χ1v) is 7.09. The van der Waals surface area contributed by atoms with Gasteiger partial charge in [-0.3, -0.25) is 0 Å². The Hall–Kier alpha value is -1.09. The molecular weight excluding hydrogens is 222 g/mol. The summed E-state index contributed by atoms with van der Waals surface area (Å²) >= 11 is 0. The maximum Gasteiger partial charge on any atom is 0.128 e. The van der Waals surface area contributed by atoms with Crippen LogP contribution in [0.2, 0.25) is 0 Å². The Bertz CT molecular complexity index is 401. The lowest BCUT2D eigenvalue weighted by Crippen LogP contribution is -2.49. The van der Waals surface area contributed by atoms with E-state index in [9.17, 15) is 0 Å². The van der Waals surface area contributed by atoms with Gasteiger partial charge >= 0.3 is 0 Å². The highest BCUT2D eigenvalue weighted by Crippen LogP contribution is 2.23. The van der Waals surface area contributed by atoms with Crippen molar-refractivity contribution in [2.75, 3.05) is 24.5 Å². The number of hydrogen-bond donors (Lipinski definition) is 1. The highest BCUT2D eigenvalue weighted by atomic mass is 15.2. The van der Waals surface area contributed by atoms with E-state index in [1.165, 1.54) is 11.1 Å². The summed E-state index contributed by atoms with van der Waals surface area (Å²) < 4.78 is 0. The molecule has 1 aromatic heterocycles. The number of aryl methyl sites for hydroxylation is 1. The SMILES string of the molecule is CCc1cc(N2CCNC(C)C2)ncc1C(C)C. The summed E-state index contributed by atoms with van der Waals surface area (Å²) in [5.74, 6) is 1.70. The Kier molecular flexibility index (Phi) is 4.23. The summed E-state index contributed by atoms with van der Waals surface area (Å²) in [7, 11) is 0. The molecule has 1 aliphatic rings. The van der Waals surface area contributed by atoms with Crippen molar-refractivity contribution in [3.8, 4) is 0 Å². The van der Waals surface area contributed by atoms with Crippen molar-refractivity contribution in [1.82, 2.24) is 10.3 Å². The number of rotatable bonds is 3. The second-order valence-electron chi connectivity index (χ2n) is 5.55. The number of hydrogen-bond acceptors (Lipinski definition) is 3. The van der Waals surface area contributed by atoms with E-state index in [1.807, 2.05) is 0 Å². The van der Waals surface area contributed by atoms with Gasteiger partial charge in [0, 0.05) is 31.9 Å². The molecule has 1 saturated heterocycles. The Balaban J connectivity index is 2.23. The fourth-order valence-corrected chi connectivity index (χ4v) is 2.63. The van der Waals surface area contributed by atoms with Gasteiger partial charge in [-0.2, -0.15) is 0 Å². The molecule has 1 fully saturated rings. The van der Waals surface area contributed by atoms with Gasteiger partial charge in [-0.15, -0.1) is 0 Å². The van der Waals surface area contributed by atoms with Gasteiger partial charge in [0.05, 0.1) is 0 Å². The maximum atomic E-state index is 4.66. The fraction of sp³-hybridized carbons (Fsp3) is 0.667. The summed E-state index contributed by atoms with van der Waals surface area (Å²) in [5.41, 5.74) is 2.84. The molecule has 0 radical (unpaired) electrons. The molecule has 1 aliphatic heterocycles. The largest absolute Gasteiger partial charge is 0.354 e. The quantitative estimate of drug-likeness (QED) is 0.890. The molecule has 100 valence electrons. The first-order valence-electron chi connectivity index (χ1n) is 7.09. The lowest BCUT2D eigenvalue weighted by Gasteiger charge is -2.33. The van der Waals surface area contributed by atoms with Crippen LogP contribution in [-0.2, 0) is 6.42 Å². The van der Waals surface area contributed by atoms with Crippen LogP contribution in [0.3, 0.4) is 0 Å². The van der Waals surface area contributed by atoms with Crippen molar-refractivity contribution in [3.63, 3.8) is 0 Å². The third-order valence-corrected chi connectivity index (χ3v) is 3.71. The summed E-state index contributed by atoms with van der Waals surface area (Å²) in [4.78, 5) is 7.06. The molecule has 1 aromatic rings. The van der Waals surface area contributed by atoms with E-state index in [0.29, 0.717) is 12.0 Å². The van der Waals surface area contributed by atoms with Crippen molar-refractivity contribution < 1.29 is 0 Å². The van der Waals surface area contributed by atoms with Gasteiger partial charge in [-0.05, 0) is 36.5 Å². The van der Waals surface area contributed by atoms with Gasteiger partial charge in [0.15, 0.2) is 0 Å². The van der Waals surface area contributed by atoms with Crippen molar-refractivity contribution in [1.29, 1.82) is 0 Å². The smallest absolute Gasteiger partial charge is 0.128 e. The Morgan fingerprint density at radius 3 is 2.89 bits per heavy atom. The molecule has 18 heavy (non-hydrogen) atoms. The topological polar surface area (TPSA) is 28.2 Å². The molecule has 0 spiro atoms. The van der Waals surface area contributed by atoms with Crippen LogP contribution < -0.4 is 10.2 Å². The molecule has 1 atom stereocenters. The van der Waals surface area contributed by atoms with E-state index >= 15 is 0 Å². The molecule has 0 aliphatic carbocycles. The van der Waals surface area contributed by atoms with Crippen molar-refractivity contribution in [2.45, 2.75) is 46.1 Å². The van der Waals surface area contributed by atoms with Gasteiger partial charge in [0.1, 0.15) is 5.82 Å². The minimum Gasteiger partial charge on any atom is -0.354 e. The third kappa shape index (κ3) is 2.83. The van der Waals surface area contributed by atoms with E-state index in [2.05, 4.69) is 55.2 Å². The van der Waals surface area contributed by atoms with E-state index in [1.54, 1.807) is 0 Å². The molecule has 0 amide bonds. The minimum absolute atomic E-state index is 0.551. The first kappa shape index (κ1) is 13.3. The predicted octanol–water partition coefficient (Wildman–Crippen LogP) is 2.57. The second kappa shape index (κ2) is 5.70. The van der Waals surface area contributed by atoms with Crippen LogP contribution in [0.5, 0.6) is 0 Å². The molecule has 0 bridgehead atoms. The standard InChI is InChI=1S/C15H25N3/c1-5-13-8-15(17-9-14(13)11(2)3)18-7-6-16-12(4)10-18/h8-9,11-12,16H,5-7,10H2,1-4H3. The van der Waals surface area contributed by atoms with E-state index < -0.39 is 0 Å². The normalized spacial score (nSPS) is 20.5. The van der Waals surface area contributed by atoms with E-state index in [4.69, 9.17) is 0 Å². The van der Waals surface area contributed by atoms with Crippen LogP contribution >= 0.6 is 0 Å². The zero-order chi connectivity index (χ0) is 13.1. The zero-order valence-electron chi connectivity index (χ0n) is 12.0. The lowest BCUT2D eigenvalue weighted by atomic mass is 9.98. The summed E-state index contributed by atoms with van der Waals surface area (Å²) in [5, 5.41) is 3.47. The predicted molar refractivity (Wildman–Crippen MR) is 77.4 cm³/mol. The van der Waals surface area contributed by atoms with Crippen molar-refractivity contribution >= 4 is 5.82 Å². The van der Waals surface area contributed by atoms with Crippen molar-refractivity contribution in [3.05, 3.63) is 23.4 Å². The fourth-order valence-electron chi connectivity index (χ4n) is 2.63. The average Bonchev–Trinajstić information content (AvgIpc) is 2.37. The highest BCUT2D eigenvalue weighted by molar-refractivity contribution is 5.45. The third-order valence-electron chi connectivity index (χ3n) is 3.71. The van der Waals surface area contributed by atoms with Gasteiger partial charge in [-0.1, -0.05) is 20.8 Å². The molecular formula is C15H25N3. The Morgan fingerprint density at radius 1 is 1.50 bits per heavy atom. The number of anilines is 1. The Morgan fingerprint density at radius 2 is 2.28 bits per heavy atom. The summed E-state index contributed by atoms with van der Waals surface area (Å²) in [6.45, 7) is 12.1. The number of nitrogens with zero attached hydrogens (tertiary/aromatic N) is 2. The molecule has 3 nitrogen and oxygen atoms in total. The molecule has 1 unspecified atom stereocenters. The van der Waals surface area contributed by atoms with Crippen molar-refractivity contribution in [2.24, 2.45) is 0 Å². The lowest BCUT2D eigenvalue weighted by molar-refractivity contribution is 0.482. The van der Waals surface area contributed by atoms with Crippen LogP contribution in [-0.4, -0.2) is 30.7 Å². The van der Waals surface area contributed by atoms with Crippen LogP contribution in [0.25, 0.3) is 0 Å². The second-order valence-corrected chi connectivity index (χ2v) is 5.55. The minimum atomic E-state index is 0.551. The van der Waals surface area contributed by atoms with Gasteiger partial charge in [0.25, 0.3) is 0 Å². The van der Waals surface area contributed by atoms with Crippen LogP contribution in [0.1, 0.15) is 44.7 Å². The highest BCUT2D eigenvalue weighted by Gasteiger charge is 2.18. The van der Waals surface area contributed by atoms with Gasteiger partial charge in [0.2, 0.25) is 0 Å². The van der Waals surface area contributed by atoms with Crippen LogP contribution in [0, 0.1) is 0 Å². The van der Waals surface area contributed by atoms with E-state index in [-0.39, 0.29) is 0 Å². The molecule has 2 rings (SSSR count). The van der Waals surface area contributed by atoms with Gasteiger partial charge < -0.3 is 10.2 Å². The molecule has 2 heterocycles. The number of piperazine rings is 1. The number of aromatic nitrogens is 1. The summed E-state index contributed by atoms with van der Waals surface area (Å²) in [6, 6.07) is 2.84. The molecule has 3 heteroatoms. The van der Waals surface area contributed by atoms with Crippen LogP contribution in [0.15, 0.2) is 12.3 Å². The average molecular weight is 247 g/mol. The molecule has 0 aromatic carbocycles. The number of nitrogens with one attached hydrogen (secondary N) is 1. The van der Waals surface area contributed by atoms with Crippen LogP contribution in [0.4, 0.5) is 5.82 Å². The monoisotopic (exact) mass is 247 g/mol. The van der Waals surface area contributed by atoms with Gasteiger partial charge in [-0.25, -0.2) is 4.98 Å². The summed E-state index contributed by atoms with van der Waals surface area (Å²) in [6.07, 6.45) is 3.16. The molecule has 1 N–H and O–H groups in total. The number of pyridine rings is 1. The maximum absolute atomic E-state index is 4.66. The molecule has 0 saturated carbocycles. The first-order chi connectivity index (χ1) is 8.61. The zero-order valence-corrected chi connectivity index (χ0v) is 12.0.